The maximum absolute atomic E-state index is 14.5. The highest BCUT2D eigenvalue weighted by Crippen LogP contribution is 2.38. The van der Waals surface area contributed by atoms with Gasteiger partial charge in [0.25, 0.3) is 0 Å². The molecule has 0 bridgehead atoms. The summed E-state index contributed by atoms with van der Waals surface area (Å²) in [5.74, 6) is -0.759. The molecule has 0 aromatic heterocycles. The fraction of sp³-hybridized carbons (Fsp3) is 0.429. The Hall–Kier alpha value is -1.77. The summed E-state index contributed by atoms with van der Waals surface area (Å²) in [6.07, 6.45) is 4.13. The zero-order valence-corrected chi connectivity index (χ0v) is 13.5. The Bertz CT molecular complexity index is 696. The van der Waals surface area contributed by atoms with Crippen LogP contribution in [-0.4, -0.2) is 0 Å². The number of aryl methyl sites for hydroxylation is 1. The topological polar surface area (TPSA) is 0 Å². The second-order valence-corrected chi connectivity index (χ2v) is 6.78. The van der Waals surface area contributed by atoms with Gasteiger partial charge in [-0.3, -0.25) is 0 Å². The fourth-order valence-electron chi connectivity index (χ4n) is 3.45. The molecule has 0 heterocycles. The molecule has 1 aliphatic carbocycles. The molecule has 0 nitrogen and oxygen atoms in total. The predicted octanol–water partition coefficient (Wildman–Crippen LogP) is 7.26. The van der Waals surface area contributed by atoms with E-state index in [-0.39, 0.29) is 25.9 Å². The minimum absolute atomic E-state index is 0. The molecule has 0 spiro atoms. The molecule has 0 saturated heterocycles. The Morgan fingerprint density at radius 1 is 0.875 bits per heavy atom. The number of rotatable bonds is 2. The minimum Gasteiger partial charge on any atom is -0.207 e. The molecule has 0 N–H and O–H groups in total. The first-order valence-corrected chi connectivity index (χ1v) is 8.21. The first-order chi connectivity index (χ1) is 11.0. The normalized spacial score (nSPS) is 20.5. The van der Waals surface area contributed by atoms with Gasteiger partial charge in [-0.1, -0.05) is 39.3 Å². The maximum atomic E-state index is 14.5. The highest BCUT2D eigenvalue weighted by Gasteiger charge is 2.23. The first-order valence-electron chi connectivity index (χ1n) is 8.21. The van der Waals surface area contributed by atoms with E-state index in [0.29, 0.717) is 11.5 Å². The third-order valence-corrected chi connectivity index (χ3v) is 5.01. The van der Waals surface area contributed by atoms with Crippen LogP contribution in [0, 0.1) is 30.3 Å². The van der Waals surface area contributed by atoms with E-state index in [2.05, 4.69) is 6.92 Å². The van der Waals surface area contributed by atoms with Gasteiger partial charge in [-0.25, -0.2) is 13.2 Å². The van der Waals surface area contributed by atoms with Gasteiger partial charge >= 0.3 is 0 Å². The van der Waals surface area contributed by atoms with Crippen LogP contribution < -0.4 is 0 Å². The molecule has 24 heavy (non-hydrogen) atoms. The predicted molar refractivity (Wildman–Crippen MR) is 95.7 cm³/mol. The van der Waals surface area contributed by atoms with E-state index in [9.17, 15) is 13.2 Å². The lowest BCUT2D eigenvalue weighted by Crippen LogP contribution is -2.11. The summed E-state index contributed by atoms with van der Waals surface area (Å²) < 4.78 is 42.7. The largest absolute Gasteiger partial charge is 0.207 e. The van der Waals surface area contributed by atoms with Crippen molar-refractivity contribution in [3.8, 4) is 11.1 Å². The Morgan fingerprint density at radius 2 is 1.46 bits per heavy atom. The van der Waals surface area contributed by atoms with Gasteiger partial charge in [-0.15, -0.1) is 0 Å². The summed E-state index contributed by atoms with van der Waals surface area (Å²) in [6.45, 7) is 3.84. The van der Waals surface area contributed by atoms with Gasteiger partial charge < -0.3 is 0 Å². The van der Waals surface area contributed by atoms with E-state index in [1.54, 1.807) is 19.1 Å². The maximum Gasteiger partial charge on any atom is 0.134 e. The van der Waals surface area contributed by atoms with E-state index >= 15 is 0 Å². The van der Waals surface area contributed by atoms with Crippen LogP contribution in [0.15, 0.2) is 30.3 Å². The monoisotopic (exact) mass is 336 g/mol. The molecule has 0 atom stereocenters. The van der Waals surface area contributed by atoms with Crippen molar-refractivity contribution in [1.82, 2.24) is 0 Å². The molecule has 0 radical (unpaired) electrons. The van der Waals surface area contributed by atoms with Crippen molar-refractivity contribution in [3.63, 3.8) is 0 Å². The molecule has 1 saturated carbocycles. The molecule has 0 amide bonds. The first kappa shape index (κ1) is 18.6. The second-order valence-electron chi connectivity index (χ2n) is 6.78. The molecule has 0 unspecified atom stereocenters. The van der Waals surface area contributed by atoms with Crippen molar-refractivity contribution in [2.45, 2.75) is 52.9 Å². The molecule has 1 fully saturated rings. The highest BCUT2D eigenvalue weighted by atomic mass is 19.1. The van der Waals surface area contributed by atoms with Crippen LogP contribution in [0.3, 0.4) is 0 Å². The zero-order chi connectivity index (χ0) is 16.6. The average Bonchev–Trinajstić information content (AvgIpc) is 2.51. The highest BCUT2D eigenvalue weighted by molar-refractivity contribution is 5.66. The van der Waals surface area contributed by atoms with E-state index in [1.807, 2.05) is 0 Å². The van der Waals surface area contributed by atoms with Crippen molar-refractivity contribution in [2.75, 3.05) is 0 Å². The lowest BCUT2D eigenvalue weighted by Gasteiger charge is -2.26. The fourth-order valence-corrected chi connectivity index (χ4v) is 3.45. The third kappa shape index (κ3) is 3.66. The van der Waals surface area contributed by atoms with Crippen LogP contribution in [0.25, 0.3) is 11.1 Å². The van der Waals surface area contributed by atoms with Crippen molar-refractivity contribution in [2.24, 2.45) is 5.92 Å². The van der Waals surface area contributed by atoms with Crippen LogP contribution in [0.5, 0.6) is 0 Å². The van der Waals surface area contributed by atoms with E-state index in [0.717, 1.165) is 31.2 Å². The summed E-state index contributed by atoms with van der Waals surface area (Å²) in [5, 5.41) is 0. The van der Waals surface area contributed by atoms with E-state index in [1.165, 1.54) is 18.2 Å². The third-order valence-electron chi connectivity index (χ3n) is 5.01. The summed E-state index contributed by atoms with van der Waals surface area (Å²) in [5.41, 5.74) is 1.29. The van der Waals surface area contributed by atoms with Gasteiger partial charge in [0.15, 0.2) is 0 Å². The molecule has 0 aliphatic heterocycles. The minimum atomic E-state index is -0.609. The summed E-state index contributed by atoms with van der Waals surface area (Å²) in [7, 11) is 0. The van der Waals surface area contributed by atoms with Crippen LogP contribution >= 0.6 is 0 Å². The summed E-state index contributed by atoms with van der Waals surface area (Å²) >= 11 is 0. The Labute approximate surface area is 144 Å². The Kier molecular flexibility index (Phi) is 5.74. The van der Waals surface area contributed by atoms with Crippen LogP contribution in [0.1, 0.15) is 58.5 Å². The van der Waals surface area contributed by atoms with Gasteiger partial charge in [-0.05, 0) is 66.5 Å². The quantitative estimate of drug-likeness (QED) is 0.541. The second kappa shape index (κ2) is 7.42. The summed E-state index contributed by atoms with van der Waals surface area (Å²) in [6, 6.07) is 7.15. The van der Waals surface area contributed by atoms with Crippen LogP contribution in [0.4, 0.5) is 13.2 Å². The number of hydrogen-bond donors (Lipinski definition) is 0. The molecular formula is C21H27F3. The Morgan fingerprint density at radius 3 is 2.00 bits per heavy atom. The smallest absolute Gasteiger partial charge is 0.134 e. The van der Waals surface area contributed by atoms with Crippen LogP contribution in [-0.2, 0) is 0 Å². The van der Waals surface area contributed by atoms with Crippen molar-refractivity contribution in [3.05, 3.63) is 58.9 Å². The standard InChI is InChI=1S/C20H21F3.CH4.H2/c1-12-3-6-14(7-4-12)16-10-18(22)20(19(23)11-16)15-8-5-13(2)17(21)9-15;;/h5,8-12,14H,3-4,6-7H2,1-2H3;1H4;1H. The van der Waals surface area contributed by atoms with E-state index < -0.39 is 17.5 Å². The molecule has 1 aliphatic rings. The number of halogens is 3. The van der Waals surface area contributed by atoms with Crippen LogP contribution in [0.2, 0.25) is 0 Å². The number of benzene rings is 2. The van der Waals surface area contributed by atoms with Crippen molar-refractivity contribution >= 4 is 0 Å². The van der Waals surface area contributed by atoms with Gasteiger partial charge in [0.1, 0.15) is 17.5 Å². The molecule has 132 valence electrons. The zero-order valence-electron chi connectivity index (χ0n) is 13.5. The van der Waals surface area contributed by atoms with E-state index in [4.69, 9.17) is 0 Å². The number of hydrogen-bond acceptors (Lipinski definition) is 0. The van der Waals surface area contributed by atoms with Gasteiger partial charge in [0.2, 0.25) is 0 Å². The molecule has 2 aromatic rings. The van der Waals surface area contributed by atoms with Gasteiger partial charge in [0, 0.05) is 1.43 Å². The van der Waals surface area contributed by atoms with Gasteiger partial charge in [0.05, 0.1) is 5.56 Å². The lowest BCUT2D eigenvalue weighted by molar-refractivity contribution is 0.346. The summed E-state index contributed by atoms with van der Waals surface area (Å²) in [4.78, 5) is 0. The molecule has 2 aromatic carbocycles. The van der Waals surface area contributed by atoms with Crippen molar-refractivity contribution in [1.29, 1.82) is 0 Å². The molecule has 3 rings (SSSR count). The van der Waals surface area contributed by atoms with Crippen molar-refractivity contribution < 1.29 is 14.6 Å². The lowest BCUT2D eigenvalue weighted by atomic mass is 9.79. The average molecular weight is 336 g/mol. The van der Waals surface area contributed by atoms with Gasteiger partial charge in [-0.2, -0.15) is 0 Å². The Balaban J connectivity index is 0.00000156. The molecule has 3 heteroatoms. The SMILES string of the molecule is C.Cc1ccc(-c2c(F)cc(C3CCC(C)CC3)cc2F)cc1F.[HH]. The molecular weight excluding hydrogens is 309 g/mol.